The van der Waals surface area contributed by atoms with Gasteiger partial charge in [0.25, 0.3) is 0 Å². The first kappa shape index (κ1) is 13.9. The lowest BCUT2D eigenvalue weighted by molar-refractivity contribution is 0.112. The molecule has 3 aromatic rings. The standard InChI is InChI=1S/C17H15FN4O/c18-13-5-3-4-12(10-13)15-14(11-23)16-17(21-7-1-2-8-21)19-6-9-22(16)20-15/h3-6,9-11H,1-2,7-8H2. The summed E-state index contributed by atoms with van der Waals surface area (Å²) in [6.07, 6.45) is 6.40. The molecule has 1 aliphatic rings. The van der Waals surface area contributed by atoms with Crippen molar-refractivity contribution in [3.8, 4) is 11.3 Å². The van der Waals surface area contributed by atoms with Crippen LogP contribution in [0.25, 0.3) is 16.8 Å². The molecular formula is C17H15FN4O. The third-order valence-electron chi connectivity index (χ3n) is 4.19. The quantitative estimate of drug-likeness (QED) is 0.698. The average molecular weight is 310 g/mol. The molecule has 0 unspecified atom stereocenters. The molecule has 0 radical (unpaired) electrons. The second-order valence-corrected chi connectivity index (χ2v) is 5.63. The van der Waals surface area contributed by atoms with E-state index in [2.05, 4.69) is 15.0 Å². The molecule has 0 aliphatic carbocycles. The maximum absolute atomic E-state index is 13.5. The van der Waals surface area contributed by atoms with Crippen LogP contribution in [0.5, 0.6) is 0 Å². The molecule has 23 heavy (non-hydrogen) atoms. The highest BCUT2D eigenvalue weighted by Gasteiger charge is 2.22. The first-order chi connectivity index (χ1) is 11.3. The van der Waals surface area contributed by atoms with Crippen LogP contribution in [-0.4, -0.2) is 34.0 Å². The van der Waals surface area contributed by atoms with Crippen LogP contribution in [0.15, 0.2) is 36.7 Å². The van der Waals surface area contributed by atoms with Gasteiger partial charge in [-0.05, 0) is 25.0 Å². The lowest BCUT2D eigenvalue weighted by atomic mass is 10.1. The van der Waals surface area contributed by atoms with Gasteiger partial charge in [-0.3, -0.25) is 4.79 Å². The van der Waals surface area contributed by atoms with Crippen LogP contribution in [0.1, 0.15) is 23.2 Å². The van der Waals surface area contributed by atoms with Gasteiger partial charge in [0.2, 0.25) is 0 Å². The Labute approximate surface area is 132 Å². The molecule has 0 atom stereocenters. The van der Waals surface area contributed by atoms with Gasteiger partial charge in [0.1, 0.15) is 17.0 Å². The Morgan fingerprint density at radius 3 is 2.78 bits per heavy atom. The number of benzene rings is 1. The van der Waals surface area contributed by atoms with Crippen molar-refractivity contribution in [3.63, 3.8) is 0 Å². The molecule has 1 saturated heterocycles. The van der Waals surface area contributed by atoms with Gasteiger partial charge in [0, 0.05) is 31.0 Å². The molecule has 116 valence electrons. The summed E-state index contributed by atoms with van der Waals surface area (Å²) in [5.41, 5.74) is 2.20. The van der Waals surface area contributed by atoms with E-state index in [1.807, 2.05) is 0 Å². The number of anilines is 1. The summed E-state index contributed by atoms with van der Waals surface area (Å²) in [6.45, 7) is 1.84. The molecule has 0 N–H and O–H groups in total. The van der Waals surface area contributed by atoms with Crippen molar-refractivity contribution in [1.82, 2.24) is 14.6 Å². The summed E-state index contributed by atoms with van der Waals surface area (Å²) in [5, 5.41) is 4.48. The van der Waals surface area contributed by atoms with Gasteiger partial charge < -0.3 is 4.90 Å². The van der Waals surface area contributed by atoms with Crippen LogP contribution in [0.4, 0.5) is 10.2 Å². The summed E-state index contributed by atoms with van der Waals surface area (Å²) >= 11 is 0. The molecular weight excluding hydrogens is 295 g/mol. The Balaban J connectivity index is 1.96. The zero-order valence-electron chi connectivity index (χ0n) is 12.4. The van der Waals surface area contributed by atoms with E-state index in [0.717, 1.165) is 38.0 Å². The zero-order chi connectivity index (χ0) is 15.8. The van der Waals surface area contributed by atoms with E-state index in [9.17, 15) is 9.18 Å². The molecule has 1 aliphatic heterocycles. The zero-order valence-corrected chi connectivity index (χ0v) is 12.4. The topological polar surface area (TPSA) is 50.5 Å². The van der Waals surface area contributed by atoms with Crippen molar-refractivity contribution in [2.75, 3.05) is 18.0 Å². The van der Waals surface area contributed by atoms with Crippen molar-refractivity contribution >= 4 is 17.6 Å². The minimum Gasteiger partial charge on any atom is -0.355 e. The lowest BCUT2D eigenvalue weighted by Gasteiger charge is -2.17. The van der Waals surface area contributed by atoms with Gasteiger partial charge in [-0.15, -0.1) is 0 Å². The summed E-state index contributed by atoms with van der Waals surface area (Å²) in [6, 6.07) is 6.12. The summed E-state index contributed by atoms with van der Waals surface area (Å²) in [7, 11) is 0. The largest absolute Gasteiger partial charge is 0.355 e. The number of fused-ring (bicyclic) bond motifs is 1. The first-order valence-electron chi connectivity index (χ1n) is 7.61. The Morgan fingerprint density at radius 2 is 2.04 bits per heavy atom. The highest BCUT2D eigenvalue weighted by atomic mass is 19.1. The first-order valence-corrected chi connectivity index (χ1v) is 7.61. The predicted molar refractivity (Wildman–Crippen MR) is 85.2 cm³/mol. The lowest BCUT2D eigenvalue weighted by Crippen LogP contribution is -2.20. The van der Waals surface area contributed by atoms with Crippen molar-refractivity contribution in [3.05, 3.63) is 48.0 Å². The number of hydrogen-bond acceptors (Lipinski definition) is 4. The normalized spacial score (nSPS) is 14.6. The Kier molecular flexibility index (Phi) is 3.29. The summed E-state index contributed by atoms with van der Waals surface area (Å²) < 4.78 is 15.2. The molecule has 0 amide bonds. The fraction of sp³-hybridized carbons (Fsp3) is 0.235. The highest BCUT2D eigenvalue weighted by molar-refractivity contribution is 5.98. The van der Waals surface area contributed by atoms with Crippen LogP contribution in [0.2, 0.25) is 0 Å². The Bertz CT molecular complexity index is 883. The number of carbonyl (C=O) groups is 1. The van der Waals surface area contributed by atoms with Crippen molar-refractivity contribution in [2.24, 2.45) is 0 Å². The van der Waals surface area contributed by atoms with Gasteiger partial charge in [0.15, 0.2) is 12.1 Å². The fourth-order valence-electron chi connectivity index (χ4n) is 3.13. The van der Waals surface area contributed by atoms with E-state index < -0.39 is 0 Å². The molecule has 0 spiro atoms. The van der Waals surface area contributed by atoms with Gasteiger partial charge in [-0.2, -0.15) is 5.10 Å². The molecule has 0 bridgehead atoms. The van der Waals surface area contributed by atoms with Crippen LogP contribution in [0, 0.1) is 5.82 Å². The molecule has 3 heterocycles. The molecule has 5 nitrogen and oxygen atoms in total. The summed E-state index contributed by atoms with van der Waals surface area (Å²) in [5.74, 6) is 0.413. The maximum Gasteiger partial charge on any atom is 0.155 e. The van der Waals surface area contributed by atoms with Crippen LogP contribution >= 0.6 is 0 Å². The number of carbonyl (C=O) groups excluding carboxylic acids is 1. The SMILES string of the molecule is O=Cc1c(-c2cccc(F)c2)nn2ccnc(N3CCCC3)c12. The Morgan fingerprint density at radius 1 is 1.22 bits per heavy atom. The Hall–Kier alpha value is -2.76. The van der Waals surface area contributed by atoms with E-state index >= 15 is 0 Å². The van der Waals surface area contributed by atoms with Crippen molar-refractivity contribution < 1.29 is 9.18 Å². The van der Waals surface area contributed by atoms with Crippen LogP contribution < -0.4 is 4.90 Å². The van der Waals surface area contributed by atoms with E-state index in [1.54, 1.807) is 29.0 Å². The summed E-state index contributed by atoms with van der Waals surface area (Å²) in [4.78, 5) is 18.4. The van der Waals surface area contributed by atoms with Gasteiger partial charge in [-0.25, -0.2) is 13.9 Å². The average Bonchev–Trinajstić information content (AvgIpc) is 3.22. The number of halogens is 1. The minimum absolute atomic E-state index is 0.353. The molecule has 6 heteroatoms. The molecule has 1 fully saturated rings. The predicted octanol–water partition coefficient (Wildman–Crippen LogP) is 2.95. The molecule has 0 saturated carbocycles. The van der Waals surface area contributed by atoms with Crippen LogP contribution in [-0.2, 0) is 0 Å². The minimum atomic E-state index is -0.353. The van der Waals surface area contributed by atoms with E-state index in [4.69, 9.17) is 0 Å². The van der Waals surface area contributed by atoms with E-state index in [-0.39, 0.29) is 5.82 Å². The van der Waals surface area contributed by atoms with Crippen molar-refractivity contribution in [1.29, 1.82) is 0 Å². The number of hydrogen-bond donors (Lipinski definition) is 0. The van der Waals surface area contributed by atoms with Gasteiger partial charge >= 0.3 is 0 Å². The van der Waals surface area contributed by atoms with E-state index in [0.29, 0.717) is 22.3 Å². The van der Waals surface area contributed by atoms with E-state index in [1.165, 1.54) is 12.1 Å². The van der Waals surface area contributed by atoms with Crippen molar-refractivity contribution in [2.45, 2.75) is 12.8 Å². The second kappa shape index (κ2) is 5.46. The van der Waals surface area contributed by atoms with Crippen LogP contribution in [0.3, 0.4) is 0 Å². The fourth-order valence-corrected chi connectivity index (χ4v) is 3.13. The van der Waals surface area contributed by atoms with Gasteiger partial charge in [0.05, 0.1) is 5.56 Å². The molecule has 4 rings (SSSR count). The maximum atomic E-state index is 13.5. The number of rotatable bonds is 3. The molecule has 1 aromatic carbocycles. The highest BCUT2D eigenvalue weighted by Crippen LogP contribution is 2.31. The number of aldehydes is 1. The number of aromatic nitrogens is 3. The number of nitrogens with zero attached hydrogens (tertiary/aromatic N) is 4. The third kappa shape index (κ3) is 2.27. The monoisotopic (exact) mass is 310 g/mol. The molecule has 2 aromatic heterocycles. The second-order valence-electron chi connectivity index (χ2n) is 5.63. The van der Waals surface area contributed by atoms with Gasteiger partial charge in [-0.1, -0.05) is 12.1 Å². The third-order valence-corrected chi connectivity index (χ3v) is 4.19. The smallest absolute Gasteiger partial charge is 0.155 e.